The van der Waals surface area contributed by atoms with Crippen molar-refractivity contribution in [3.05, 3.63) is 145 Å². The third-order valence-electron chi connectivity index (χ3n) is 8.75. The van der Waals surface area contributed by atoms with Crippen molar-refractivity contribution in [3.63, 3.8) is 0 Å². The number of furan rings is 1. The number of imidazole rings is 1. The maximum absolute atomic E-state index is 6.30. The number of aryl methyl sites for hydroxylation is 1. The van der Waals surface area contributed by atoms with Crippen molar-refractivity contribution in [2.75, 3.05) is 0 Å². The first-order valence-corrected chi connectivity index (χ1v) is 14.7. The van der Waals surface area contributed by atoms with Gasteiger partial charge in [-0.1, -0.05) is 103 Å². The predicted octanol–water partition coefficient (Wildman–Crippen LogP) is 10.9. The Morgan fingerprint density at radius 3 is 1.81 bits per heavy atom. The van der Waals surface area contributed by atoms with E-state index in [0.29, 0.717) is 0 Å². The van der Waals surface area contributed by atoms with Crippen LogP contribution in [-0.4, -0.2) is 9.55 Å². The van der Waals surface area contributed by atoms with Crippen molar-refractivity contribution in [1.29, 1.82) is 0 Å². The lowest BCUT2D eigenvalue weighted by Crippen LogP contribution is -1.97. The van der Waals surface area contributed by atoms with E-state index in [1.165, 1.54) is 43.8 Å². The smallest absolute Gasteiger partial charge is 0.136 e. The second-order valence-corrected chi connectivity index (χ2v) is 11.1. The zero-order valence-electron chi connectivity index (χ0n) is 23.6. The van der Waals surface area contributed by atoms with E-state index in [-0.39, 0.29) is 0 Å². The van der Waals surface area contributed by atoms with Gasteiger partial charge >= 0.3 is 0 Å². The standard InChI is InChI=1S/C40H26N2O/c1-25-41-34-17-7-8-18-35(34)42(25)27-23-21-26(22-24-27)38-28-11-2-4-13-30(28)39(31-14-5-3-12-29(31)38)33-16-10-20-37-40(33)32-15-6-9-19-36(32)43-37/h2-24H,1H3. The molecule has 0 N–H and O–H groups in total. The number of hydrogen-bond acceptors (Lipinski definition) is 2. The van der Waals surface area contributed by atoms with Crippen LogP contribution in [-0.2, 0) is 0 Å². The van der Waals surface area contributed by atoms with Crippen LogP contribution in [0.5, 0.6) is 0 Å². The van der Waals surface area contributed by atoms with Gasteiger partial charge in [0.05, 0.1) is 11.0 Å². The van der Waals surface area contributed by atoms with Gasteiger partial charge in [-0.2, -0.15) is 0 Å². The quantitative estimate of drug-likeness (QED) is 0.205. The van der Waals surface area contributed by atoms with Crippen LogP contribution in [0.25, 0.3) is 82.5 Å². The molecular weight excluding hydrogens is 524 g/mol. The summed E-state index contributed by atoms with van der Waals surface area (Å²) in [5, 5.41) is 7.23. The first-order chi connectivity index (χ1) is 21.3. The number of fused-ring (bicyclic) bond motifs is 6. The number of benzene rings is 7. The average Bonchev–Trinajstić information content (AvgIpc) is 3.61. The van der Waals surface area contributed by atoms with Gasteiger partial charge in [0.1, 0.15) is 17.0 Å². The van der Waals surface area contributed by atoms with Crippen molar-refractivity contribution in [3.8, 4) is 27.9 Å². The number of hydrogen-bond donors (Lipinski definition) is 0. The van der Waals surface area contributed by atoms with Gasteiger partial charge in [-0.25, -0.2) is 4.98 Å². The Balaban J connectivity index is 1.32. The molecular formula is C40H26N2O. The zero-order valence-corrected chi connectivity index (χ0v) is 23.6. The molecule has 0 radical (unpaired) electrons. The SMILES string of the molecule is Cc1nc2ccccc2n1-c1ccc(-c2c3ccccc3c(-c3cccc4oc5ccccc5c34)c3ccccc23)cc1. The van der Waals surface area contributed by atoms with Crippen LogP contribution >= 0.6 is 0 Å². The molecule has 0 aliphatic carbocycles. The second kappa shape index (κ2) is 9.17. The Labute approximate surface area is 248 Å². The van der Waals surface area contributed by atoms with E-state index in [4.69, 9.17) is 9.40 Å². The molecule has 0 aliphatic rings. The van der Waals surface area contributed by atoms with E-state index in [1.807, 2.05) is 12.1 Å². The number of para-hydroxylation sites is 3. The average molecular weight is 551 g/mol. The highest BCUT2D eigenvalue weighted by molar-refractivity contribution is 6.25. The van der Waals surface area contributed by atoms with Crippen LogP contribution in [0.15, 0.2) is 144 Å². The molecule has 0 unspecified atom stereocenters. The Morgan fingerprint density at radius 2 is 1.09 bits per heavy atom. The lowest BCUT2D eigenvalue weighted by atomic mass is 9.85. The minimum absolute atomic E-state index is 0.911. The molecule has 0 saturated carbocycles. The second-order valence-electron chi connectivity index (χ2n) is 11.1. The van der Waals surface area contributed by atoms with E-state index in [0.717, 1.165) is 44.5 Å². The van der Waals surface area contributed by atoms with Crippen LogP contribution in [0.4, 0.5) is 0 Å². The lowest BCUT2D eigenvalue weighted by Gasteiger charge is -2.18. The highest BCUT2D eigenvalue weighted by Gasteiger charge is 2.20. The highest BCUT2D eigenvalue weighted by atomic mass is 16.3. The molecule has 0 saturated heterocycles. The maximum atomic E-state index is 6.30. The normalized spacial score (nSPS) is 11.8. The molecule has 43 heavy (non-hydrogen) atoms. The van der Waals surface area contributed by atoms with E-state index >= 15 is 0 Å². The fraction of sp³-hybridized carbons (Fsp3) is 0.0250. The van der Waals surface area contributed by atoms with Crippen molar-refractivity contribution in [2.45, 2.75) is 6.92 Å². The largest absolute Gasteiger partial charge is 0.456 e. The van der Waals surface area contributed by atoms with Crippen LogP contribution < -0.4 is 0 Å². The van der Waals surface area contributed by atoms with E-state index < -0.39 is 0 Å². The molecule has 3 heteroatoms. The molecule has 9 aromatic rings. The molecule has 2 heterocycles. The first kappa shape index (κ1) is 24.0. The van der Waals surface area contributed by atoms with Crippen molar-refractivity contribution in [2.24, 2.45) is 0 Å². The van der Waals surface area contributed by atoms with Crippen LogP contribution in [0, 0.1) is 6.92 Å². The predicted molar refractivity (Wildman–Crippen MR) is 179 cm³/mol. The summed E-state index contributed by atoms with van der Waals surface area (Å²) in [5.41, 5.74) is 9.94. The van der Waals surface area contributed by atoms with E-state index in [2.05, 4.69) is 139 Å². The Kier molecular flexibility index (Phi) is 5.11. The molecule has 0 spiro atoms. The number of aromatic nitrogens is 2. The van der Waals surface area contributed by atoms with E-state index in [1.54, 1.807) is 0 Å². The zero-order chi connectivity index (χ0) is 28.5. The highest BCUT2D eigenvalue weighted by Crippen LogP contribution is 2.46. The molecule has 9 rings (SSSR count). The number of rotatable bonds is 3. The molecule has 0 fully saturated rings. The Morgan fingerprint density at radius 1 is 0.512 bits per heavy atom. The van der Waals surface area contributed by atoms with Crippen LogP contribution in [0.3, 0.4) is 0 Å². The summed E-state index contributed by atoms with van der Waals surface area (Å²) in [5.74, 6) is 0.982. The van der Waals surface area contributed by atoms with Crippen molar-refractivity contribution in [1.82, 2.24) is 9.55 Å². The Bertz CT molecular complexity index is 2460. The van der Waals surface area contributed by atoms with Gasteiger partial charge in [-0.15, -0.1) is 0 Å². The number of nitrogens with zero attached hydrogens (tertiary/aromatic N) is 2. The van der Waals surface area contributed by atoms with Gasteiger partial charge in [-0.05, 0) is 87.1 Å². The third-order valence-corrected chi connectivity index (χ3v) is 8.75. The molecule has 0 amide bonds. The summed E-state index contributed by atoms with van der Waals surface area (Å²) in [6.45, 7) is 2.07. The Hall–Kier alpha value is -5.67. The summed E-state index contributed by atoms with van der Waals surface area (Å²) in [6.07, 6.45) is 0. The monoisotopic (exact) mass is 550 g/mol. The summed E-state index contributed by atoms with van der Waals surface area (Å²) >= 11 is 0. The van der Waals surface area contributed by atoms with Gasteiger partial charge in [-0.3, -0.25) is 4.57 Å². The molecule has 0 bridgehead atoms. The van der Waals surface area contributed by atoms with Crippen LogP contribution in [0.2, 0.25) is 0 Å². The van der Waals surface area contributed by atoms with Gasteiger partial charge in [0.2, 0.25) is 0 Å². The van der Waals surface area contributed by atoms with Gasteiger partial charge in [0.25, 0.3) is 0 Å². The molecule has 202 valence electrons. The lowest BCUT2D eigenvalue weighted by molar-refractivity contribution is 0.669. The molecule has 7 aromatic carbocycles. The molecule has 0 atom stereocenters. The summed E-state index contributed by atoms with van der Waals surface area (Å²) in [7, 11) is 0. The maximum Gasteiger partial charge on any atom is 0.136 e. The fourth-order valence-electron chi connectivity index (χ4n) is 6.96. The third kappa shape index (κ3) is 3.52. The fourth-order valence-corrected chi connectivity index (χ4v) is 6.96. The van der Waals surface area contributed by atoms with Gasteiger partial charge < -0.3 is 4.42 Å². The van der Waals surface area contributed by atoms with Gasteiger partial charge in [0.15, 0.2) is 0 Å². The molecule has 0 aliphatic heterocycles. The van der Waals surface area contributed by atoms with Crippen molar-refractivity contribution < 1.29 is 4.42 Å². The molecule has 2 aromatic heterocycles. The topological polar surface area (TPSA) is 31.0 Å². The van der Waals surface area contributed by atoms with Gasteiger partial charge in [0, 0.05) is 16.5 Å². The van der Waals surface area contributed by atoms with Crippen LogP contribution in [0.1, 0.15) is 5.82 Å². The van der Waals surface area contributed by atoms with E-state index in [9.17, 15) is 0 Å². The van der Waals surface area contributed by atoms with Crippen molar-refractivity contribution >= 4 is 54.5 Å². The summed E-state index contributed by atoms with van der Waals surface area (Å²) in [6, 6.07) is 49.6. The summed E-state index contributed by atoms with van der Waals surface area (Å²) < 4.78 is 8.53. The minimum Gasteiger partial charge on any atom is -0.456 e. The minimum atomic E-state index is 0.911. The summed E-state index contributed by atoms with van der Waals surface area (Å²) in [4.78, 5) is 4.78. The first-order valence-electron chi connectivity index (χ1n) is 14.7. The molecule has 3 nitrogen and oxygen atoms in total.